The lowest BCUT2D eigenvalue weighted by Crippen LogP contribution is -2.22. The van der Waals surface area contributed by atoms with Crippen molar-refractivity contribution in [2.24, 2.45) is 11.7 Å². The summed E-state index contributed by atoms with van der Waals surface area (Å²) < 4.78 is 5.76. The summed E-state index contributed by atoms with van der Waals surface area (Å²) in [7, 11) is 0. The van der Waals surface area contributed by atoms with Crippen LogP contribution in [0.25, 0.3) is 0 Å². The van der Waals surface area contributed by atoms with Crippen LogP contribution >= 0.6 is 0 Å². The molecule has 0 spiro atoms. The molecule has 0 aliphatic heterocycles. The largest absolute Gasteiger partial charge is 0.376 e. The van der Waals surface area contributed by atoms with Gasteiger partial charge in [-0.15, -0.1) is 0 Å². The van der Waals surface area contributed by atoms with Crippen molar-refractivity contribution in [3.8, 4) is 0 Å². The number of ether oxygens (including phenoxy) is 1. The van der Waals surface area contributed by atoms with Gasteiger partial charge in [0.25, 0.3) is 0 Å². The smallest absolute Gasteiger partial charge is 0.0717 e. The number of benzene rings is 2. The van der Waals surface area contributed by atoms with Crippen molar-refractivity contribution in [3.05, 3.63) is 71.8 Å². The van der Waals surface area contributed by atoms with E-state index < -0.39 is 0 Å². The molecular weight excluding hydrogens is 234 g/mol. The predicted molar refractivity (Wildman–Crippen MR) is 78.8 cm³/mol. The van der Waals surface area contributed by atoms with E-state index >= 15 is 0 Å². The van der Waals surface area contributed by atoms with Crippen molar-refractivity contribution in [3.63, 3.8) is 0 Å². The van der Waals surface area contributed by atoms with Crippen LogP contribution in [0.4, 0.5) is 0 Å². The molecule has 2 N–H and O–H groups in total. The molecule has 1 atom stereocenters. The number of rotatable bonds is 7. The van der Waals surface area contributed by atoms with E-state index in [9.17, 15) is 0 Å². The van der Waals surface area contributed by atoms with Crippen molar-refractivity contribution in [1.82, 2.24) is 0 Å². The summed E-state index contributed by atoms with van der Waals surface area (Å²) in [6.07, 6.45) is 0.978. The number of hydrogen-bond acceptors (Lipinski definition) is 2. The van der Waals surface area contributed by atoms with Gasteiger partial charge in [0.1, 0.15) is 0 Å². The van der Waals surface area contributed by atoms with Crippen LogP contribution in [0.2, 0.25) is 0 Å². The van der Waals surface area contributed by atoms with Crippen LogP contribution in [0.5, 0.6) is 0 Å². The SMILES string of the molecule is NCC(COCc1ccccc1)Cc1ccccc1. The van der Waals surface area contributed by atoms with Crippen molar-refractivity contribution in [2.75, 3.05) is 13.2 Å². The Balaban J connectivity index is 1.77. The maximum Gasteiger partial charge on any atom is 0.0717 e. The van der Waals surface area contributed by atoms with Crippen molar-refractivity contribution < 1.29 is 4.74 Å². The van der Waals surface area contributed by atoms with Gasteiger partial charge in [-0.1, -0.05) is 60.7 Å². The van der Waals surface area contributed by atoms with E-state index in [-0.39, 0.29) is 0 Å². The van der Waals surface area contributed by atoms with E-state index in [1.54, 1.807) is 0 Å². The summed E-state index contributed by atoms with van der Waals surface area (Å²) in [5, 5.41) is 0. The highest BCUT2D eigenvalue weighted by atomic mass is 16.5. The quantitative estimate of drug-likeness (QED) is 0.825. The molecule has 0 saturated heterocycles. The van der Waals surface area contributed by atoms with Gasteiger partial charge < -0.3 is 10.5 Å². The van der Waals surface area contributed by atoms with E-state index in [1.165, 1.54) is 11.1 Å². The van der Waals surface area contributed by atoms with Gasteiger partial charge in [0, 0.05) is 0 Å². The Bertz CT molecular complexity index is 455. The molecule has 1 unspecified atom stereocenters. The molecule has 0 saturated carbocycles. The molecule has 0 radical (unpaired) electrons. The Hall–Kier alpha value is -1.64. The van der Waals surface area contributed by atoms with Gasteiger partial charge in [-0.05, 0) is 30.0 Å². The first-order chi connectivity index (χ1) is 9.38. The fraction of sp³-hybridized carbons (Fsp3) is 0.294. The van der Waals surface area contributed by atoms with Crippen LogP contribution in [0, 0.1) is 5.92 Å². The van der Waals surface area contributed by atoms with E-state index in [4.69, 9.17) is 10.5 Å². The summed E-state index contributed by atoms with van der Waals surface area (Å²) in [5.74, 6) is 0.381. The molecule has 2 aromatic rings. The minimum absolute atomic E-state index is 0.381. The molecule has 2 aromatic carbocycles. The zero-order valence-electron chi connectivity index (χ0n) is 11.2. The average Bonchev–Trinajstić information content (AvgIpc) is 2.48. The lowest BCUT2D eigenvalue weighted by molar-refractivity contribution is 0.0892. The summed E-state index contributed by atoms with van der Waals surface area (Å²) in [4.78, 5) is 0. The predicted octanol–water partition coefficient (Wildman–Crippen LogP) is 3.02. The van der Waals surface area contributed by atoms with E-state index in [0.29, 0.717) is 25.7 Å². The van der Waals surface area contributed by atoms with E-state index in [1.807, 2.05) is 24.3 Å². The lowest BCUT2D eigenvalue weighted by atomic mass is 10.0. The van der Waals surface area contributed by atoms with Gasteiger partial charge in [0.2, 0.25) is 0 Å². The van der Waals surface area contributed by atoms with Crippen LogP contribution in [0.3, 0.4) is 0 Å². The highest BCUT2D eigenvalue weighted by Crippen LogP contribution is 2.09. The first-order valence-electron chi connectivity index (χ1n) is 6.74. The normalized spacial score (nSPS) is 12.3. The Kier molecular flexibility index (Phi) is 5.60. The molecule has 2 heteroatoms. The molecule has 0 amide bonds. The Morgan fingerprint density at radius 3 is 2.00 bits per heavy atom. The van der Waals surface area contributed by atoms with Gasteiger partial charge in [0.15, 0.2) is 0 Å². The molecular formula is C17H21NO. The highest BCUT2D eigenvalue weighted by Gasteiger charge is 2.08. The van der Waals surface area contributed by atoms with Crippen LogP contribution in [0.1, 0.15) is 11.1 Å². The Morgan fingerprint density at radius 1 is 0.842 bits per heavy atom. The second-order valence-electron chi connectivity index (χ2n) is 4.79. The summed E-state index contributed by atoms with van der Waals surface area (Å²) in [6.45, 7) is 2.02. The van der Waals surface area contributed by atoms with Gasteiger partial charge in [0.05, 0.1) is 13.2 Å². The minimum Gasteiger partial charge on any atom is -0.376 e. The van der Waals surface area contributed by atoms with Crippen LogP contribution < -0.4 is 5.73 Å². The van der Waals surface area contributed by atoms with Crippen LogP contribution in [-0.2, 0) is 17.8 Å². The van der Waals surface area contributed by atoms with Gasteiger partial charge in [-0.25, -0.2) is 0 Å². The molecule has 0 heterocycles. The Labute approximate surface area is 115 Å². The zero-order valence-corrected chi connectivity index (χ0v) is 11.2. The third-order valence-electron chi connectivity index (χ3n) is 3.17. The molecule has 0 aliphatic carbocycles. The minimum atomic E-state index is 0.381. The lowest BCUT2D eigenvalue weighted by Gasteiger charge is -2.15. The fourth-order valence-corrected chi connectivity index (χ4v) is 2.08. The monoisotopic (exact) mass is 255 g/mol. The maximum atomic E-state index is 5.82. The first-order valence-corrected chi connectivity index (χ1v) is 6.74. The average molecular weight is 255 g/mol. The second-order valence-corrected chi connectivity index (χ2v) is 4.79. The van der Waals surface area contributed by atoms with Crippen LogP contribution in [-0.4, -0.2) is 13.2 Å². The van der Waals surface area contributed by atoms with Crippen molar-refractivity contribution in [1.29, 1.82) is 0 Å². The molecule has 0 fully saturated rings. The van der Waals surface area contributed by atoms with Crippen molar-refractivity contribution >= 4 is 0 Å². The second kappa shape index (κ2) is 7.72. The molecule has 0 aromatic heterocycles. The number of hydrogen-bond donors (Lipinski definition) is 1. The third kappa shape index (κ3) is 4.86. The van der Waals surface area contributed by atoms with E-state index in [0.717, 1.165) is 6.42 Å². The molecule has 100 valence electrons. The highest BCUT2D eigenvalue weighted by molar-refractivity contribution is 5.15. The summed E-state index contributed by atoms with van der Waals surface area (Å²) in [6, 6.07) is 20.7. The molecule has 19 heavy (non-hydrogen) atoms. The first kappa shape index (κ1) is 13.8. The number of nitrogens with two attached hydrogens (primary N) is 1. The fourth-order valence-electron chi connectivity index (χ4n) is 2.08. The molecule has 0 bridgehead atoms. The van der Waals surface area contributed by atoms with Gasteiger partial charge in [-0.2, -0.15) is 0 Å². The van der Waals surface area contributed by atoms with Gasteiger partial charge >= 0.3 is 0 Å². The van der Waals surface area contributed by atoms with Gasteiger partial charge in [-0.3, -0.25) is 0 Å². The molecule has 2 rings (SSSR count). The van der Waals surface area contributed by atoms with E-state index in [2.05, 4.69) is 36.4 Å². The maximum absolute atomic E-state index is 5.82. The standard InChI is InChI=1S/C17H21NO/c18-12-17(11-15-7-3-1-4-8-15)14-19-13-16-9-5-2-6-10-16/h1-10,17H,11-14,18H2. The topological polar surface area (TPSA) is 35.2 Å². The Morgan fingerprint density at radius 2 is 1.42 bits per heavy atom. The van der Waals surface area contributed by atoms with Crippen molar-refractivity contribution in [2.45, 2.75) is 13.0 Å². The molecule has 0 aliphatic rings. The van der Waals surface area contributed by atoms with Crippen LogP contribution in [0.15, 0.2) is 60.7 Å². The zero-order chi connectivity index (χ0) is 13.3. The summed E-state index contributed by atoms with van der Waals surface area (Å²) in [5.41, 5.74) is 8.35. The third-order valence-corrected chi connectivity index (χ3v) is 3.17. The molecule has 2 nitrogen and oxygen atoms in total. The summed E-state index contributed by atoms with van der Waals surface area (Å²) >= 11 is 0.